The lowest BCUT2D eigenvalue weighted by atomic mass is 10.1. The van der Waals surface area contributed by atoms with Gasteiger partial charge in [-0.1, -0.05) is 23.7 Å². The Kier molecular flexibility index (Phi) is 3.27. The number of benzene rings is 1. The third-order valence-corrected chi connectivity index (χ3v) is 2.87. The van der Waals surface area contributed by atoms with Crippen LogP contribution < -0.4 is 0 Å². The Morgan fingerprint density at radius 3 is 2.56 bits per heavy atom. The lowest BCUT2D eigenvalue weighted by Gasteiger charge is -2.04. The minimum absolute atomic E-state index is 0.0180. The second-order valence-electron chi connectivity index (χ2n) is 3.69. The second kappa shape index (κ2) is 4.68. The van der Waals surface area contributed by atoms with Gasteiger partial charge in [0.15, 0.2) is 0 Å². The van der Waals surface area contributed by atoms with E-state index >= 15 is 0 Å². The smallest absolute Gasteiger partial charge is 0.113 e. The molecule has 2 aromatic rings. The second-order valence-corrected chi connectivity index (χ2v) is 4.12. The average Bonchev–Trinajstić information content (AvgIpc) is 2.63. The van der Waals surface area contributed by atoms with E-state index in [4.69, 9.17) is 16.7 Å². The highest BCUT2D eigenvalue weighted by atomic mass is 35.5. The molecule has 0 aliphatic heterocycles. The van der Waals surface area contributed by atoms with Gasteiger partial charge in [-0.05, 0) is 17.7 Å². The van der Waals surface area contributed by atoms with Crippen molar-refractivity contribution in [2.75, 3.05) is 0 Å². The molecule has 1 aromatic heterocycles. The van der Waals surface area contributed by atoms with Crippen molar-refractivity contribution in [3.05, 3.63) is 52.6 Å². The monoisotopic (exact) mass is 236 g/mol. The molecule has 0 aliphatic rings. The molecule has 1 aromatic carbocycles. The Hall–Kier alpha value is -1.32. The number of aliphatic hydroxyl groups is 1. The Labute approximate surface area is 99.3 Å². The van der Waals surface area contributed by atoms with Crippen molar-refractivity contribution >= 4 is 11.6 Å². The number of imidazole rings is 1. The summed E-state index contributed by atoms with van der Waals surface area (Å²) in [4.78, 5) is 4.27. The summed E-state index contributed by atoms with van der Waals surface area (Å²) in [5, 5.41) is 9.79. The summed E-state index contributed by atoms with van der Waals surface area (Å²) in [5.74, 6) is 0.936. The van der Waals surface area contributed by atoms with Gasteiger partial charge >= 0.3 is 0 Å². The van der Waals surface area contributed by atoms with E-state index in [1.165, 1.54) is 0 Å². The predicted molar refractivity (Wildman–Crippen MR) is 63.4 cm³/mol. The number of hydrogen-bond donors (Lipinski definition) is 1. The fourth-order valence-corrected chi connectivity index (χ4v) is 1.71. The quantitative estimate of drug-likeness (QED) is 0.887. The van der Waals surface area contributed by atoms with Crippen LogP contribution in [-0.2, 0) is 20.1 Å². The lowest BCUT2D eigenvalue weighted by Crippen LogP contribution is -2.02. The number of rotatable bonds is 3. The molecule has 0 saturated carbocycles. The summed E-state index contributed by atoms with van der Waals surface area (Å²) in [6.07, 6.45) is 2.44. The number of hydrogen-bond acceptors (Lipinski definition) is 2. The van der Waals surface area contributed by atoms with Gasteiger partial charge in [0.25, 0.3) is 0 Å². The average molecular weight is 237 g/mol. The SMILES string of the molecule is Cn1c(CO)cnc1Cc1ccc(Cl)cc1. The van der Waals surface area contributed by atoms with Crippen molar-refractivity contribution in [2.45, 2.75) is 13.0 Å². The topological polar surface area (TPSA) is 38.0 Å². The highest BCUT2D eigenvalue weighted by molar-refractivity contribution is 6.30. The Morgan fingerprint density at radius 1 is 1.31 bits per heavy atom. The molecule has 0 saturated heterocycles. The van der Waals surface area contributed by atoms with Gasteiger partial charge in [0.05, 0.1) is 18.5 Å². The van der Waals surface area contributed by atoms with Gasteiger partial charge in [0.2, 0.25) is 0 Å². The molecule has 0 atom stereocenters. The maximum Gasteiger partial charge on any atom is 0.113 e. The number of aromatic nitrogens is 2. The fourth-order valence-electron chi connectivity index (χ4n) is 1.58. The molecule has 84 valence electrons. The zero-order valence-corrected chi connectivity index (χ0v) is 9.78. The zero-order chi connectivity index (χ0) is 11.5. The molecule has 0 amide bonds. The number of aliphatic hydroxyl groups excluding tert-OH is 1. The molecule has 0 bridgehead atoms. The van der Waals surface area contributed by atoms with E-state index in [1.807, 2.05) is 35.9 Å². The van der Waals surface area contributed by atoms with Gasteiger partial charge in [0, 0.05) is 18.5 Å². The maximum atomic E-state index is 9.06. The van der Waals surface area contributed by atoms with Crippen molar-refractivity contribution < 1.29 is 5.11 Å². The van der Waals surface area contributed by atoms with Gasteiger partial charge in [-0.25, -0.2) is 4.98 Å². The van der Waals surface area contributed by atoms with Crippen LogP contribution in [0.5, 0.6) is 0 Å². The van der Waals surface area contributed by atoms with Crippen molar-refractivity contribution in [1.29, 1.82) is 0 Å². The van der Waals surface area contributed by atoms with Gasteiger partial charge in [-0.15, -0.1) is 0 Å². The van der Waals surface area contributed by atoms with Crippen LogP contribution in [-0.4, -0.2) is 14.7 Å². The van der Waals surface area contributed by atoms with Crippen LogP contribution in [0, 0.1) is 0 Å². The van der Waals surface area contributed by atoms with E-state index in [2.05, 4.69) is 4.98 Å². The summed E-state index contributed by atoms with van der Waals surface area (Å²) in [6, 6.07) is 7.70. The summed E-state index contributed by atoms with van der Waals surface area (Å²) >= 11 is 5.82. The molecule has 16 heavy (non-hydrogen) atoms. The molecule has 1 N–H and O–H groups in total. The van der Waals surface area contributed by atoms with E-state index < -0.39 is 0 Å². The van der Waals surface area contributed by atoms with Crippen molar-refractivity contribution in [3.8, 4) is 0 Å². The van der Waals surface area contributed by atoms with Crippen LogP contribution in [0.15, 0.2) is 30.5 Å². The van der Waals surface area contributed by atoms with E-state index in [0.717, 1.165) is 28.5 Å². The number of nitrogens with zero attached hydrogens (tertiary/aromatic N) is 2. The maximum absolute atomic E-state index is 9.06. The molecule has 3 nitrogen and oxygen atoms in total. The van der Waals surface area contributed by atoms with Crippen molar-refractivity contribution in [3.63, 3.8) is 0 Å². The van der Waals surface area contributed by atoms with E-state index in [9.17, 15) is 0 Å². The van der Waals surface area contributed by atoms with Crippen molar-refractivity contribution in [2.24, 2.45) is 7.05 Å². The molecule has 0 fully saturated rings. The van der Waals surface area contributed by atoms with Gasteiger partial charge in [-0.3, -0.25) is 0 Å². The van der Waals surface area contributed by atoms with Crippen LogP contribution in [0.2, 0.25) is 5.02 Å². The summed E-state index contributed by atoms with van der Waals surface area (Å²) < 4.78 is 1.91. The van der Waals surface area contributed by atoms with Crippen LogP contribution in [0.25, 0.3) is 0 Å². The first-order chi connectivity index (χ1) is 7.70. The van der Waals surface area contributed by atoms with Gasteiger partial charge in [-0.2, -0.15) is 0 Å². The first-order valence-electron chi connectivity index (χ1n) is 5.05. The summed E-state index contributed by atoms with van der Waals surface area (Å²) in [5.41, 5.74) is 1.98. The van der Waals surface area contributed by atoms with E-state index in [0.29, 0.717) is 0 Å². The molecule has 0 spiro atoms. The van der Waals surface area contributed by atoms with E-state index in [1.54, 1.807) is 6.20 Å². The predicted octanol–water partition coefficient (Wildman–Crippen LogP) is 2.16. The highest BCUT2D eigenvalue weighted by Crippen LogP contribution is 2.13. The Morgan fingerprint density at radius 2 is 2.00 bits per heavy atom. The largest absolute Gasteiger partial charge is 0.390 e. The minimum atomic E-state index is 0.0180. The molecule has 2 rings (SSSR count). The fraction of sp³-hybridized carbons (Fsp3) is 0.250. The van der Waals surface area contributed by atoms with Crippen LogP contribution in [0.4, 0.5) is 0 Å². The molecule has 0 aliphatic carbocycles. The van der Waals surface area contributed by atoms with E-state index in [-0.39, 0.29) is 6.61 Å². The third-order valence-electron chi connectivity index (χ3n) is 2.62. The summed E-state index contributed by atoms with van der Waals surface area (Å²) in [6.45, 7) is 0.0180. The van der Waals surface area contributed by atoms with Crippen molar-refractivity contribution in [1.82, 2.24) is 9.55 Å². The first-order valence-corrected chi connectivity index (χ1v) is 5.43. The minimum Gasteiger partial charge on any atom is -0.390 e. The highest BCUT2D eigenvalue weighted by Gasteiger charge is 2.06. The van der Waals surface area contributed by atoms with Crippen LogP contribution >= 0.6 is 11.6 Å². The third kappa shape index (κ3) is 2.26. The Balaban J connectivity index is 2.20. The molecular formula is C12H13ClN2O. The molecule has 1 heterocycles. The standard InChI is InChI=1S/C12H13ClN2O/c1-15-11(8-16)7-14-12(15)6-9-2-4-10(13)5-3-9/h2-5,7,16H,6,8H2,1H3. The Bertz CT molecular complexity index is 476. The number of halogens is 1. The zero-order valence-electron chi connectivity index (χ0n) is 9.02. The van der Waals surface area contributed by atoms with Gasteiger partial charge < -0.3 is 9.67 Å². The van der Waals surface area contributed by atoms with Gasteiger partial charge in [0.1, 0.15) is 5.82 Å². The van der Waals surface area contributed by atoms with Crippen LogP contribution in [0.3, 0.4) is 0 Å². The van der Waals surface area contributed by atoms with Crippen LogP contribution in [0.1, 0.15) is 17.1 Å². The molecule has 4 heteroatoms. The first kappa shape index (κ1) is 11.2. The molecular weight excluding hydrogens is 224 g/mol. The molecule has 0 unspecified atom stereocenters. The summed E-state index contributed by atoms with van der Waals surface area (Å²) in [7, 11) is 1.91. The molecule has 0 radical (unpaired) electrons. The lowest BCUT2D eigenvalue weighted by molar-refractivity contribution is 0.272. The normalized spacial score (nSPS) is 10.7.